The van der Waals surface area contributed by atoms with E-state index in [1.165, 1.54) is 0 Å². The molecule has 0 aliphatic carbocycles. The van der Waals surface area contributed by atoms with Gasteiger partial charge >= 0.3 is 0 Å². The van der Waals surface area contributed by atoms with E-state index in [-0.39, 0.29) is 11.3 Å². The highest BCUT2D eigenvalue weighted by Gasteiger charge is 2.29. The van der Waals surface area contributed by atoms with Crippen molar-refractivity contribution in [3.63, 3.8) is 0 Å². The summed E-state index contributed by atoms with van der Waals surface area (Å²) in [5, 5.41) is 0.684. The largest absolute Gasteiger partial charge is 0.494 e. The van der Waals surface area contributed by atoms with Crippen LogP contribution in [0.1, 0.15) is 27.2 Å². The first-order valence-electron chi connectivity index (χ1n) is 7.11. The van der Waals surface area contributed by atoms with Gasteiger partial charge in [-0.15, -0.1) is 0 Å². The molecule has 4 nitrogen and oxygen atoms in total. The van der Waals surface area contributed by atoms with Gasteiger partial charge in [-0.05, 0) is 36.1 Å². The van der Waals surface area contributed by atoms with Crippen molar-refractivity contribution in [3.05, 3.63) is 29.3 Å². The molecule has 0 aliphatic heterocycles. The van der Waals surface area contributed by atoms with E-state index in [0.717, 1.165) is 12.2 Å². The lowest BCUT2D eigenvalue weighted by atomic mass is 9.86. The molecule has 1 rings (SSSR count). The molecule has 0 radical (unpaired) electrons. The van der Waals surface area contributed by atoms with Crippen molar-refractivity contribution in [1.29, 1.82) is 0 Å². The molecule has 0 aromatic heterocycles. The Morgan fingerprint density at radius 3 is 2.43 bits per heavy atom. The predicted molar refractivity (Wildman–Crippen MR) is 86.6 cm³/mol. The van der Waals surface area contributed by atoms with Crippen LogP contribution >= 0.6 is 11.6 Å². The van der Waals surface area contributed by atoms with Gasteiger partial charge in [0, 0.05) is 18.6 Å². The average molecular weight is 313 g/mol. The van der Waals surface area contributed by atoms with Gasteiger partial charge in [0.2, 0.25) is 5.91 Å². The molecule has 118 valence electrons. The fraction of sp³-hybridized carbons (Fsp3) is 0.562. The molecule has 0 bridgehead atoms. The van der Waals surface area contributed by atoms with Gasteiger partial charge in [-0.25, -0.2) is 0 Å². The third-order valence-electron chi connectivity index (χ3n) is 3.30. The fourth-order valence-corrected chi connectivity index (χ4v) is 1.87. The quantitative estimate of drug-likeness (QED) is 0.822. The van der Waals surface area contributed by atoms with Crippen LogP contribution in [-0.2, 0) is 4.79 Å². The first-order chi connectivity index (χ1) is 9.71. The van der Waals surface area contributed by atoms with Crippen LogP contribution in [0, 0.1) is 5.41 Å². The maximum Gasteiger partial charge on any atom is 0.239 e. The Kier molecular flexibility index (Phi) is 6.49. The number of nitrogens with two attached hydrogens (primary N) is 1. The van der Waals surface area contributed by atoms with E-state index in [1.807, 2.05) is 32.9 Å². The van der Waals surface area contributed by atoms with Crippen LogP contribution < -0.4 is 10.5 Å². The number of carbonyl (C=O) groups is 1. The number of amides is 1. The van der Waals surface area contributed by atoms with Crippen LogP contribution in [-0.4, -0.2) is 37.0 Å². The lowest BCUT2D eigenvalue weighted by Gasteiger charge is -2.30. The van der Waals surface area contributed by atoms with Crippen molar-refractivity contribution < 1.29 is 9.53 Å². The van der Waals surface area contributed by atoms with Gasteiger partial charge in [-0.1, -0.05) is 32.4 Å². The van der Waals surface area contributed by atoms with E-state index in [0.29, 0.717) is 18.2 Å². The van der Waals surface area contributed by atoms with Crippen LogP contribution in [0.5, 0.6) is 5.75 Å². The molecule has 0 heterocycles. The lowest BCUT2D eigenvalue weighted by Crippen LogP contribution is -2.49. The van der Waals surface area contributed by atoms with Gasteiger partial charge < -0.3 is 15.4 Å². The zero-order chi connectivity index (χ0) is 16.0. The Hall–Kier alpha value is -1.26. The molecule has 21 heavy (non-hydrogen) atoms. The molecule has 0 saturated heterocycles. The smallest absolute Gasteiger partial charge is 0.239 e. The molecule has 0 unspecified atom stereocenters. The number of rotatable bonds is 6. The van der Waals surface area contributed by atoms with Gasteiger partial charge in [0.25, 0.3) is 0 Å². The second kappa shape index (κ2) is 7.66. The molecular formula is C16H25ClN2O2. The summed E-state index contributed by atoms with van der Waals surface area (Å²) in [4.78, 5) is 13.8. The molecule has 0 fully saturated rings. The first kappa shape index (κ1) is 17.8. The van der Waals surface area contributed by atoms with Gasteiger partial charge in [0.1, 0.15) is 5.75 Å². The second-order valence-electron chi connectivity index (χ2n) is 6.26. The monoisotopic (exact) mass is 312 g/mol. The molecule has 1 atom stereocenters. The number of ether oxygens (including phenoxy) is 1. The van der Waals surface area contributed by atoms with Gasteiger partial charge in [-0.3, -0.25) is 4.79 Å². The summed E-state index contributed by atoms with van der Waals surface area (Å²) in [6, 6.07) is 6.74. The van der Waals surface area contributed by atoms with Crippen LogP contribution in [0.25, 0.3) is 0 Å². The van der Waals surface area contributed by atoms with Crippen molar-refractivity contribution in [1.82, 2.24) is 4.90 Å². The Morgan fingerprint density at radius 1 is 1.33 bits per heavy atom. The van der Waals surface area contributed by atoms with Gasteiger partial charge in [0.05, 0.1) is 12.6 Å². The SMILES string of the molecule is CN(CCCOc1ccc(Cl)cc1)C(=O)[C@@H](N)C(C)(C)C. The summed E-state index contributed by atoms with van der Waals surface area (Å²) in [7, 11) is 1.77. The lowest BCUT2D eigenvalue weighted by molar-refractivity contribution is -0.133. The average Bonchev–Trinajstić information content (AvgIpc) is 2.42. The van der Waals surface area contributed by atoms with E-state index < -0.39 is 6.04 Å². The van der Waals surface area contributed by atoms with E-state index in [1.54, 1.807) is 24.1 Å². The highest BCUT2D eigenvalue weighted by molar-refractivity contribution is 6.30. The van der Waals surface area contributed by atoms with Crippen molar-refractivity contribution in [2.45, 2.75) is 33.2 Å². The minimum atomic E-state index is -0.486. The van der Waals surface area contributed by atoms with Crippen molar-refractivity contribution >= 4 is 17.5 Å². The Balaban J connectivity index is 2.32. The second-order valence-corrected chi connectivity index (χ2v) is 6.70. The van der Waals surface area contributed by atoms with E-state index >= 15 is 0 Å². The summed E-state index contributed by atoms with van der Waals surface area (Å²) in [6.45, 7) is 7.06. The molecule has 1 aromatic carbocycles. The molecule has 1 aromatic rings. The number of hydrogen-bond acceptors (Lipinski definition) is 3. The molecule has 5 heteroatoms. The van der Waals surface area contributed by atoms with Crippen LogP contribution in [0.3, 0.4) is 0 Å². The maximum atomic E-state index is 12.1. The van der Waals surface area contributed by atoms with E-state index in [2.05, 4.69) is 0 Å². The Bertz CT molecular complexity index is 454. The summed E-state index contributed by atoms with van der Waals surface area (Å²) in [6.07, 6.45) is 0.752. The molecule has 0 spiro atoms. The first-order valence-corrected chi connectivity index (χ1v) is 7.48. The minimum absolute atomic E-state index is 0.0333. The zero-order valence-electron chi connectivity index (χ0n) is 13.2. The topological polar surface area (TPSA) is 55.6 Å². The normalized spacial score (nSPS) is 12.9. The highest BCUT2D eigenvalue weighted by atomic mass is 35.5. The van der Waals surface area contributed by atoms with Gasteiger partial charge in [0.15, 0.2) is 0 Å². The van der Waals surface area contributed by atoms with Crippen molar-refractivity contribution in [3.8, 4) is 5.75 Å². The number of nitrogens with zero attached hydrogens (tertiary/aromatic N) is 1. The number of halogens is 1. The number of benzene rings is 1. The summed E-state index contributed by atoms with van der Waals surface area (Å²) < 4.78 is 5.59. The number of carbonyl (C=O) groups excluding carboxylic acids is 1. The zero-order valence-corrected chi connectivity index (χ0v) is 14.0. The minimum Gasteiger partial charge on any atom is -0.494 e. The predicted octanol–water partition coefficient (Wildman–Crippen LogP) is 2.94. The van der Waals surface area contributed by atoms with Gasteiger partial charge in [-0.2, -0.15) is 0 Å². The highest BCUT2D eigenvalue weighted by Crippen LogP contribution is 2.19. The van der Waals surface area contributed by atoms with Crippen LogP contribution in [0.2, 0.25) is 5.02 Å². The number of hydrogen-bond donors (Lipinski definition) is 1. The Morgan fingerprint density at radius 2 is 1.90 bits per heavy atom. The molecule has 0 saturated carbocycles. The third kappa shape index (κ3) is 5.94. The molecular weight excluding hydrogens is 288 g/mol. The van der Waals surface area contributed by atoms with E-state index in [9.17, 15) is 4.79 Å². The standard InChI is InChI=1S/C16H25ClN2O2/c1-16(2,3)14(18)15(20)19(4)10-5-11-21-13-8-6-12(17)7-9-13/h6-9,14H,5,10-11,18H2,1-4H3/t14-/m1/s1. The maximum absolute atomic E-state index is 12.1. The summed E-state index contributed by atoms with van der Waals surface area (Å²) >= 11 is 5.80. The summed E-state index contributed by atoms with van der Waals surface area (Å²) in [5.74, 6) is 0.744. The van der Waals surface area contributed by atoms with Crippen LogP contribution in [0.15, 0.2) is 24.3 Å². The molecule has 1 amide bonds. The fourth-order valence-electron chi connectivity index (χ4n) is 1.74. The molecule has 0 aliphatic rings. The van der Waals surface area contributed by atoms with E-state index in [4.69, 9.17) is 22.1 Å². The summed E-state index contributed by atoms with van der Waals surface area (Å²) in [5.41, 5.74) is 5.74. The van der Waals surface area contributed by atoms with Crippen molar-refractivity contribution in [2.24, 2.45) is 11.1 Å². The van der Waals surface area contributed by atoms with Crippen LogP contribution in [0.4, 0.5) is 0 Å². The van der Waals surface area contributed by atoms with Crippen molar-refractivity contribution in [2.75, 3.05) is 20.2 Å². The Labute approximate surface area is 132 Å². The number of likely N-dealkylation sites (N-methyl/N-ethyl adjacent to an activating group) is 1. The molecule has 2 N–H and O–H groups in total. The third-order valence-corrected chi connectivity index (χ3v) is 3.55.